The van der Waals surface area contributed by atoms with E-state index in [2.05, 4.69) is 10.3 Å². The average molecular weight is 219 g/mol. The van der Waals surface area contributed by atoms with Gasteiger partial charge in [-0.05, 0) is 26.2 Å². The third-order valence-corrected chi connectivity index (χ3v) is 2.10. The number of amidine groups is 1. The fraction of sp³-hybridized carbons (Fsp3) is 0.333. The SMILES string of the molecule is CN=C(CN(C)C)Nc1ccccc1C=O. The Kier molecular flexibility index (Phi) is 4.66. The van der Waals surface area contributed by atoms with Gasteiger partial charge in [0.25, 0.3) is 0 Å². The number of benzene rings is 1. The molecule has 0 heterocycles. The van der Waals surface area contributed by atoms with Crippen molar-refractivity contribution in [2.24, 2.45) is 4.99 Å². The molecule has 1 rings (SSSR count). The van der Waals surface area contributed by atoms with Crippen molar-refractivity contribution in [1.82, 2.24) is 4.90 Å². The molecule has 4 nitrogen and oxygen atoms in total. The average Bonchev–Trinajstić information content (AvgIpc) is 2.28. The topological polar surface area (TPSA) is 44.7 Å². The summed E-state index contributed by atoms with van der Waals surface area (Å²) in [4.78, 5) is 17.0. The maximum absolute atomic E-state index is 10.8. The molecule has 0 aliphatic carbocycles. The highest BCUT2D eigenvalue weighted by molar-refractivity contribution is 6.00. The minimum Gasteiger partial charge on any atom is -0.342 e. The third kappa shape index (κ3) is 3.47. The number of nitrogens with zero attached hydrogens (tertiary/aromatic N) is 2. The molecular weight excluding hydrogens is 202 g/mol. The summed E-state index contributed by atoms with van der Waals surface area (Å²) < 4.78 is 0. The minimum absolute atomic E-state index is 0.641. The van der Waals surface area contributed by atoms with Crippen LogP contribution in [0.4, 0.5) is 5.69 Å². The Morgan fingerprint density at radius 1 is 1.44 bits per heavy atom. The Hall–Kier alpha value is -1.68. The number of anilines is 1. The molecule has 0 radical (unpaired) electrons. The van der Waals surface area contributed by atoms with Crippen LogP contribution >= 0.6 is 0 Å². The summed E-state index contributed by atoms with van der Waals surface area (Å²) in [5.41, 5.74) is 1.43. The van der Waals surface area contributed by atoms with E-state index >= 15 is 0 Å². The molecule has 0 aromatic heterocycles. The Bertz CT molecular complexity index is 386. The van der Waals surface area contributed by atoms with E-state index in [4.69, 9.17) is 0 Å². The van der Waals surface area contributed by atoms with E-state index in [1.807, 2.05) is 37.2 Å². The molecule has 0 saturated heterocycles. The Morgan fingerprint density at radius 2 is 2.12 bits per heavy atom. The number of likely N-dealkylation sites (N-methyl/N-ethyl adjacent to an activating group) is 1. The van der Waals surface area contributed by atoms with Crippen LogP contribution in [0.1, 0.15) is 10.4 Å². The first-order valence-corrected chi connectivity index (χ1v) is 5.09. The first-order chi connectivity index (χ1) is 7.67. The molecule has 1 aromatic carbocycles. The van der Waals surface area contributed by atoms with Crippen LogP contribution in [-0.2, 0) is 0 Å². The molecule has 0 bridgehead atoms. The molecule has 0 saturated carbocycles. The monoisotopic (exact) mass is 219 g/mol. The lowest BCUT2D eigenvalue weighted by atomic mass is 10.2. The second-order valence-corrected chi connectivity index (χ2v) is 3.74. The van der Waals surface area contributed by atoms with Crippen LogP contribution in [0.2, 0.25) is 0 Å². The van der Waals surface area contributed by atoms with Gasteiger partial charge < -0.3 is 10.2 Å². The van der Waals surface area contributed by atoms with E-state index in [1.165, 1.54) is 0 Å². The number of para-hydroxylation sites is 1. The fourth-order valence-electron chi connectivity index (χ4n) is 1.33. The van der Waals surface area contributed by atoms with E-state index in [0.29, 0.717) is 12.1 Å². The highest BCUT2D eigenvalue weighted by Gasteiger charge is 2.04. The van der Waals surface area contributed by atoms with Crippen LogP contribution in [0, 0.1) is 0 Å². The molecule has 0 atom stereocenters. The zero-order valence-corrected chi connectivity index (χ0v) is 9.90. The second-order valence-electron chi connectivity index (χ2n) is 3.74. The van der Waals surface area contributed by atoms with E-state index in [-0.39, 0.29) is 0 Å². The van der Waals surface area contributed by atoms with Crippen molar-refractivity contribution in [3.8, 4) is 0 Å². The third-order valence-electron chi connectivity index (χ3n) is 2.10. The number of aliphatic imine (C=N–C) groups is 1. The fourth-order valence-corrected chi connectivity index (χ4v) is 1.33. The van der Waals surface area contributed by atoms with Gasteiger partial charge in [-0.2, -0.15) is 0 Å². The van der Waals surface area contributed by atoms with Gasteiger partial charge in [-0.3, -0.25) is 9.79 Å². The van der Waals surface area contributed by atoms with Crippen LogP contribution in [0.5, 0.6) is 0 Å². The van der Waals surface area contributed by atoms with Crippen molar-refractivity contribution in [2.45, 2.75) is 0 Å². The number of nitrogens with one attached hydrogen (secondary N) is 1. The number of hydrogen-bond donors (Lipinski definition) is 1. The Morgan fingerprint density at radius 3 is 2.69 bits per heavy atom. The summed E-state index contributed by atoms with van der Waals surface area (Å²) >= 11 is 0. The Balaban J connectivity index is 2.82. The molecule has 0 fully saturated rings. The van der Waals surface area contributed by atoms with E-state index in [9.17, 15) is 4.79 Å². The van der Waals surface area contributed by atoms with Crippen LogP contribution in [0.3, 0.4) is 0 Å². The summed E-state index contributed by atoms with van der Waals surface area (Å²) in [7, 11) is 5.67. The molecule has 16 heavy (non-hydrogen) atoms. The zero-order valence-electron chi connectivity index (χ0n) is 9.90. The van der Waals surface area contributed by atoms with Crippen LogP contribution in [0.25, 0.3) is 0 Å². The van der Waals surface area contributed by atoms with Crippen molar-refractivity contribution in [2.75, 3.05) is 33.0 Å². The predicted octanol–water partition coefficient (Wildman–Crippen LogP) is 1.50. The van der Waals surface area contributed by atoms with Gasteiger partial charge in [-0.15, -0.1) is 0 Å². The maximum Gasteiger partial charge on any atom is 0.152 e. The van der Waals surface area contributed by atoms with E-state index in [1.54, 1.807) is 13.1 Å². The lowest BCUT2D eigenvalue weighted by molar-refractivity contribution is 0.112. The molecule has 0 aliphatic rings. The van der Waals surface area contributed by atoms with Gasteiger partial charge in [-0.25, -0.2) is 0 Å². The molecule has 0 spiro atoms. The first kappa shape index (κ1) is 12.4. The van der Waals surface area contributed by atoms with E-state index < -0.39 is 0 Å². The molecular formula is C12H17N3O. The molecule has 86 valence electrons. The van der Waals surface area contributed by atoms with E-state index in [0.717, 1.165) is 17.8 Å². The molecule has 4 heteroatoms. The number of carbonyl (C=O) groups excluding carboxylic acids is 1. The number of aldehydes is 1. The lowest BCUT2D eigenvalue weighted by Crippen LogP contribution is -2.27. The van der Waals surface area contributed by atoms with Crippen molar-refractivity contribution in [3.63, 3.8) is 0 Å². The number of hydrogen-bond acceptors (Lipinski definition) is 3. The summed E-state index contributed by atoms with van der Waals surface area (Å²) in [5.74, 6) is 0.833. The standard InChI is InChI=1S/C12H17N3O/c1-13-12(8-15(2)3)14-11-7-5-4-6-10(11)9-16/h4-7,9H,8H2,1-3H3,(H,13,14). The molecule has 0 aliphatic heterocycles. The quantitative estimate of drug-likeness (QED) is 0.474. The Labute approximate surface area is 96.0 Å². The smallest absolute Gasteiger partial charge is 0.152 e. The van der Waals surface area contributed by atoms with Crippen molar-refractivity contribution >= 4 is 17.8 Å². The predicted molar refractivity (Wildman–Crippen MR) is 67.4 cm³/mol. The van der Waals surface area contributed by atoms with Crippen LogP contribution in [0.15, 0.2) is 29.3 Å². The van der Waals surface area contributed by atoms with Gasteiger partial charge in [0.15, 0.2) is 6.29 Å². The van der Waals surface area contributed by atoms with Crippen LogP contribution < -0.4 is 5.32 Å². The van der Waals surface area contributed by atoms with Crippen molar-refractivity contribution < 1.29 is 4.79 Å². The van der Waals surface area contributed by atoms with Gasteiger partial charge >= 0.3 is 0 Å². The molecule has 1 aromatic rings. The highest BCUT2D eigenvalue weighted by atomic mass is 16.1. The number of carbonyl (C=O) groups is 1. The molecule has 0 amide bonds. The van der Waals surface area contributed by atoms with Gasteiger partial charge in [0.1, 0.15) is 5.84 Å². The van der Waals surface area contributed by atoms with Crippen molar-refractivity contribution in [1.29, 1.82) is 0 Å². The highest BCUT2D eigenvalue weighted by Crippen LogP contribution is 2.12. The summed E-state index contributed by atoms with van der Waals surface area (Å²) in [6, 6.07) is 7.37. The summed E-state index contributed by atoms with van der Waals surface area (Å²) in [6.07, 6.45) is 0.839. The second kappa shape index (κ2) is 6.02. The lowest BCUT2D eigenvalue weighted by Gasteiger charge is -2.14. The minimum atomic E-state index is 0.641. The van der Waals surface area contributed by atoms with Crippen molar-refractivity contribution in [3.05, 3.63) is 29.8 Å². The molecule has 0 unspecified atom stereocenters. The van der Waals surface area contributed by atoms with Gasteiger partial charge in [0, 0.05) is 18.3 Å². The summed E-state index contributed by atoms with van der Waals surface area (Å²) in [6.45, 7) is 0.712. The summed E-state index contributed by atoms with van der Waals surface area (Å²) in [5, 5.41) is 3.16. The first-order valence-electron chi connectivity index (χ1n) is 5.09. The van der Waals surface area contributed by atoms with Gasteiger partial charge in [-0.1, -0.05) is 12.1 Å². The number of rotatable bonds is 4. The van der Waals surface area contributed by atoms with Crippen LogP contribution in [-0.4, -0.2) is 44.7 Å². The largest absolute Gasteiger partial charge is 0.342 e. The van der Waals surface area contributed by atoms with Gasteiger partial charge in [0.05, 0.1) is 6.54 Å². The maximum atomic E-state index is 10.8. The molecule has 1 N–H and O–H groups in total. The van der Waals surface area contributed by atoms with Gasteiger partial charge in [0.2, 0.25) is 0 Å². The zero-order chi connectivity index (χ0) is 12.0. The normalized spacial score (nSPS) is 11.6.